The van der Waals surface area contributed by atoms with Gasteiger partial charge in [0.1, 0.15) is 35.1 Å². The van der Waals surface area contributed by atoms with Gasteiger partial charge in [0.25, 0.3) is 0 Å². The zero-order valence-corrected chi connectivity index (χ0v) is 18.0. The monoisotopic (exact) mass is 447 g/mol. The Morgan fingerprint density at radius 2 is 2.03 bits per heavy atom. The second-order valence-corrected chi connectivity index (χ2v) is 7.60. The second kappa shape index (κ2) is 10.0. The lowest BCUT2D eigenvalue weighted by Crippen LogP contribution is -2.37. The lowest BCUT2D eigenvalue weighted by atomic mass is 9.94. The van der Waals surface area contributed by atoms with Crippen molar-refractivity contribution >= 4 is 23.3 Å². The topological polar surface area (TPSA) is 171 Å². The minimum Gasteiger partial charge on any atom is -0.493 e. The molecule has 0 saturated carbocycles. The number of nitrogens with two attached hydrogens (primary N) is 2. The third-order valence-corrected chi connectivity index (χ3v) is 5.55. The Morgan fingerprint density at radius 3 is 2.79 bits per heavy atom. The lowest BCUT2D eigenvalue weighted by Gasteiger charge is -2.28. The van der Waals surface area contributed by atoms with Crippen LogP contribution in [0.4, 0.5) is 17.3 Å². The van der Waals surface area contributed by atoms with Crippen LogP contribution in [0.5, 0.6) is 5.75 Å². The predicted molar refractivity (Wildman–Crippen MR) is 123 cm³/mol. The van der Waals surface area contributed by atoms with Gasteiger partial charge in [0.05, 0.1) is 25.5 Å². The van der Waals surface area contributed by atoms with Gasteiger partial charge in [-0.3, -0.25) is 10.2 Å². The number of nitriles is 2. The average molecular weight is 448 g/mol. The SMILES string of the molecule is N#CNC1=NC(c2ccccc2OCCCN2CCOCC2)c2c(nc(N)c(C#N)c2N)N1. The van der Waals surface area contributed by atoms with Gasteiger partial charge in [-0.1, -0.05) is 18.2 Å². The summed E-state index contributed by atoms with van der Waals surface area (Å²) in [5.74, 6) is 1.19. The zero-order chi connectivity index (χ0) is 23.2. The molecule has 1 saturated heterocycles. The number of benzene rings is 1. The number of anilines is 3. The highest BCUT2D eigenvalue weighted by Crippen LogP contribution is 2.43. The summed E-state index contributed by atoms with van der Waals surface area (Å²) in [6.45, 7) is 4.85. The number of fused-ring (bicyclic) bond motifs is 1. The molecule has 0 bridgehead atoms. The van der Waals surface area contributed by atoms with Crippen molar-refractivity contribution in [3.63, 3.8) is 0 Å². The molecule has 170 valence electrons. The summed E-state index contributed by atoms with van der Waals surface area (Å²) in [4.78, 5) is 11.3. The molecule has 33 heavy (non-hydrogen) atoms. The number of morpholine rings is 1. The van der Waals surface area contributed by atoms with Gasteiger partial charge in [0.2, 0.25) is 5.96 Å². The molecule has 2 aliphatic rings. The van der Waals surface area contributed by atoms with Gasteiger partial charge in [-0.15, -0.1) is 0 Å². The molecule has 0 radical (unpaired) electrons. The van der Waals surface area contributed by atoms with E-state index in [-0.39, 0.29) is 23.0 Å². The van der Waals surface area contributed by atoms with Gasteiger partial charge in [0, 0.05) is 30.8 Å². The average Bonchev–Trinajstić information content (AvgIpc) is 2.82. The van der Waals surface area contributed by atoms with Crippen molar-refractivity contribution in [1.82, 2.24) is 15.2 Å². The third kappa shape index (κ3) is 4.75. The number of nitrogens with one attached hydrogen (secondary N) is 2. The summed E-state index contributed by atoms with van der Waals surface area (Å²) in [6, 6.07) is 8.86. The predicted octanol–water partition coefficient (Wildman–Crippen LogP) is 1.16. The Bertz CT molecular complexity index is 1130. The second-order valence-electron chi connectivity index (χ2n) is 7.60. The Morgan fingerprint density at radius 1 is 1.24 bits per heavy atom. The van der Waals surface area contributed by atoms with E-state index in [9.17, 15) is 5.26 Å². The smallest absolute Gasteiger partial charge is 0.211 e. The van der Waals surface area contributed by atoms with Gasteiger partial charge in [0.15, 0.2) is 6.19 Å². The highest BCUT2D eigenvalue weighted by molar-refractivity contribution is 5.98. The van der Waals surface area contributed by atoms with E-state index in [1.165, 1.54) is 0 Å². The number of ether oxygens (including phenoxy) is 2. The molecular formula is C22H25N9O2. The maximum atomic E-state index is 9.50. The lowest BCUT2D eigenvalue weighted by molar-refractivity contribution is 0.0358. The quantitative estimate of drug-likeness (QED) is 0.286. The van der Waals surface area contributed by atoms with Crippen molar-refractivity contribution in [3.05, 3.63) is 41.0 Å². The number of para-hydroxylation sites is 1. The van der Waals surface area contributed by atoms with Crippen molar-refractivity contribution in [2.75, 3.05) is 56.2 Å². The fourth-order valence-electron chi connectivity index (χ4n) is 3.94. The first-order valence-corrected chi connectivity index (χ1v) is 10.6. The summed E-state index contributed by atoms with van der Waals surface area (Å²) < 4.78 is 11.5. The molecular weight excluding hydrogens is 422 g/mol. The summed E-state index contributed by atoms with van der Waals surface area (Å²) in [7, 11) is 0. The molecule has 3 heterocycles. The van der Waals surface area contributed by atoms with Crippen LogP contribution in [0, 0.1) is 22.8 Å². The number of nitrogens with zero attached hydrogens (tertiary/aromatic N) is 5. The Labute approximate surface area is 191 Å². The van der Waals surface area contributed by atoms with Gasteiger partial charge in [-0.2, -0.15) is 10.5 Å². The number of aliphatic imine (C=N–C) groups is 1. The zero-order valence-electron chi connectivity index (χ0n) is 18.0. The van der Waals surface area contributed by atoms with Gasteiger partial charge >= 0.3 is 0 Å². The number of pyridine rings is 1. The molecule has 1 atom stereocenters. The van der Waals surface area contributed by atoms with Gasteiger partial charge < -0.3 is 26.3 Å². The van der Waals surface area contributed by atoms with Crippen molar-refractivity contribution in [1.29, 1.82) is 10.5 Å². The number of hydrogen-bond acceptors (Lipinski definition) is 11. The van der Waals surface area contributed by atoms with E-state index in [1.54, 1.807) is 0 Å². The molecule has 4 rings (SSSR count). The number of aromatic nitrogens is 1. The molecule has 0 amide bonds. The van der Waals surface area contributed by atoms with Crippen LogP contribution in [0.25, 0.3) is 0 Å². The highest BCUT2D eigenvalue weighted by atomic mass is 16.5. The van der Waals surface area contributed by atoms with Crippen molar-refractivity contribution < 1.29 is 9.47 Å². The van der Waals surface area contributed by atoms with Crippen LogP contribution < -0.4 is 26.8 Å². The molecule has 1 aromatic carbocycles. The molecule has 0 spiro atoms. The Balaban J connectivity index is 1.61. The number of hydrogen-bond donors (Lipinski definition) is 4. The minimum absolute atomic E-state index is 0.00542. The Kier molecular flexibility index (Phi) is 6.74. The van der Waals surface area contributed by atoms with Gasteiger partial charge in [-0.05, 0) is 12.5 Å². The van der Waals surface area contributed by atoms with Crippen molar-refractivity contribution in [2.45, 2.75) is 12.5 Å². The third-order valence-electron chi connectivity index (χ3n) is 5.55. The van der Waals surface area contributed by atoms with E-state index < -0.39 is 6.04 Å². The maximum Gasteiger partial charge on any atom is 0.211 e. The molecule has 1 aromatic heterocycles. The van der Waals surface area contributed by atoms with Crippen LogP contribution >= 0.6 is 0 Å². The molecule has 2 aromatic rings. The van der Waals surface area contributed by atoms with E-state index in [1.807, 2.05) is 36.5 Å². The fourth-order valence-corrected chi connectivity index (χ4v) is 3.94. The van der Waals surface area contributed by atoms with E-state index in [0.717, 1.165) is 44.8 Å². The van der Waals surface area contributed by atoms with Crippen LogP contribution in [0.1, 0.15) is 29.2 Å². The summed E-state index contributed by atoms with van der Waals surface area (Å²) in [5.41, 5.74) is 13.8. The molecule has 2 aliphatic heterocycles. The van der Waals surface area contributed by atoms with E-state index in [0.29, 0.717) is 23.7 Å². The van der Waals surface area contributed by atoms with Crippen LogP contribution in [0.3, 0.4) is 0 Å². The van der Waals surface area contributed by atoms with Crippen LogP contribution in [0.15, 0.2) is 29.3 Å². The number of guanidine groups is 1. The van der Waals surface area contributed by atoms with E-state index in [4.69, 9.17) is 26.2 Å². The maximum absolute atomic E-state index is 9.50. The first kappa shape index (κ1) is 22.1. The Hall–Kier alpha value is -4.06. The summed E-state index contributed by atoms with van der Waals surface area (Å²) >= 11 is 0. The number of nitrogen functional groups attached to an aromatic ring is 2. The molecule has 11 heteroatoms. The van der Waals surface area contributed by atoms with Crippen LogP contribution in [-0.2, 0) is 4.74 Å². The number of rotatable bonds is 6. The van der Waals surface area contributed by atoms with Crippen molar-refractivity contribution in [2.24, 2.45) is 4.99 Å². The van der Waals surface area contributed by atoms with Crippen LogP contribution in [0.2, 0.25) is 0 Å². The molecule has 6 N–H and O–H groups in total. The standard InChI is InChI=1S/C22H25N9O2/c23-12-15-18(25)17-19(28-22(27-13-24)30-21(17)29-20(15)26)14-4-1-2-5-16(14)33-9-3-6-31-7-10-32-11-8-31/h1-2,4-5,19H,3,6-11H2,(H6,25,26,27,28,29,30). The van der Waals surface area contributed by atoms with Crippen molar-refractivity contribution in [3.8, 4) is 18.0 Å². The van der Waals surface area contributed by atoms with Gasteiger partial charge in [-0.25, -0.2) is 9.98 Å². The molecule has 1 unspecified atom stereocenters. The minimum atomic E-state index is -0.646. The fraction of sp³-hybridized carbons (Fsp3) is 0.364. The molecule has 1 fully saturated rings. The highest BCUT2D eigenvalue weighted by Gasteiger charge is 2.31. The molecule has 0 aliphatic carbocycles. The largest absolute Gasteiger partial charge is 0.493 e. The first-order valence-electron chi connectivity index (χ1n) is 10.6. The first-order chi connectivity index (χ1) is 16.1. The molecule has 11 nitrogen and oxygen atoms in total. The van der Waals surface area contributed by atoms with Crippen LogP contribution in [-0.4, -0.2) is 55.3 Å². The summed E-state index contributed by atoms with van der Waals surface area (Å²) in [5, 5.41) is 24.0. The summed E-state index contributed by atoms with van der Waals surface area (Å²) in [6.07, 6.45) is 2.71. The van der Waals surface area contributed by atoms with E-state index in [2.05, 4.69) is 25.5 Å². The normalized spacial score (nSPS) is 17.6. The van der Waals surface area contributed by atoms with E-state index >= 15 is 0 Å².